The molecular weight excluding hydrogens is 366 g/mol. The molecule has 0 saturated carbocycles. The molecule has 2 fully saturated rings. The number of nitrogens with one attached hydrogen (secondary N) is 1. The van der Waals surface area contributed by atoms with Crippen molar-refractivity contribution >= 4 is 29.1 Å². The molecule has 0 aromatic heterocycles. The van der Waals surface area contributed by atoms with Crippen LogP contribution in [0.1, 0.15) is 24.8 Å². The predicted octanol–water partition coefficient (Wildman–Crippen LogP) is 2.84. The van der Waals surface area contributed by atoms with Gasteiger partial charge in [-0.1, -0.05) is 30.3 Å². The van der Waals surface area contributed by atoms with Crippen molar-refractivity contribution in [2.45, 2.75) is 25.7 Å². The summed E-state index contributed by atoms with van der Waals surface area (Å²) in [4.78, 5) is 40.3. The van der Waals surface area contributed by atoms with Crippen molar-refractivity contribution in [3.8, 4) is 0 Å². The zero-order valence-corrected chi connectivity index (χ0v) is 16.3. The summed E-state index contributed by atoms with van der Waals surface area (Å²) in [5.74, 6) is -0.297. The maximum Gasteiger partial charge on any atom is 0.229 e. The van der Waals surface area contributed by atoms with Crippen molar-refractivity contribution in [3.63, 3.8) is 0 Å². The highest BCUT2D eigenvalue weighted by Gasteiger charge is 2.34. The first kappa shape index (κ1) is 19.2. The molecule has 2 saturated heterocycles. The van der Waals surface area contributed by atoms with Crippen LogP contribution in [0.25, 0.3) is 0 Å². The monoisotopic (exact) mass is 391 g/mol. The minimum atomic E-state index is -0.335. The number of carbonyl (C=O) groups excluding carboxylic acids is 3. The first-order chi connectivity index (χ1) is 14.1. The van der Waals surface area contributed by atoms with Crippen molar-refractivity contribution in [2.24, 2.45) is 5.92 Å². The Bertz CT molecular complexity index is 895. The van der Waals surface area contributed by atoms with E-state index in [-0.39, 0.29) is 30.1 Å². The molecule has 150 valence electrons. The van der Waals surface area contributed by atoms with E-state index >= 15 is 0 Å². The van der Waals surface area contributed by atoms with Crippen LogP contribution in [0.15, 0.2) is 54.6 Å². The molecule has 1 unspecified atom stereocenters. The molecule has 6 nitrogen and oxygen atoms in total. The molecule has 2 aliphatic rings. The lowest BCUT2D eigenvalue weighted by Gasteiger charge is -2.17. The number of likely N-dealkylation sites (tertiary alicyclic amines) is 1. The quantitative estimate of drug-likeness (QED) is 0.823. The fourth-order valence-corrected chi connectivity index (χ4v) is 3.96. The molecule has 6 heteroatoms. The molecule has 0 bridgehead atoms. The van der Waals surface area contributed by atoms with E-state index < -0.39 is 0 Å². The second-order valence-corrected chi connectivity index (χ2v) is 7.66. The van der Waals surface area contributed by atoms with Crippen LogP contribution in [0.5, 0.6) is 0 Å². The molecular formula is C23H25N3O3. The zero-order chi connectivity index (χ0) is 20.2. The third kappa shape index (κ3) is 4.47. The van der Waals surface area contributed by atoms with Gasteiger partial charge in [0, 0.05) is 43.9 Å². The van der Waals surface area contributed by atoms with Gasteiger partial charge in [0.05, 0.1) is 5.92 Å². The number of hydrogen-bond donors (Lipinski definition) is 1. The topological polar surface area (TPSA) is 69.7 Å². The molecule has 1 N–H and O–H groups in total. The molecule has 2 heterocycles. The summed E-state index contributed by atoms with van der Waals surface area (Å²) in [5.41, 5.74) is 2.72. The van der Waals surface area contributed by atoms with Crippen molar-refractivity contribution < 1.29 is 14.4 Å². The number of amides is 3. The average Bonchev–Trinajstić information content (AvgIpc) is 3.33. The van der Waals surface area contributed by atoms with Gasteiger partial charge in [0.25, 0.3) is 0 Å². The first-order valence-electron chi connectivity index (χ1n) is 10.1. The molecule has 4 rings (SSSR count). The number of rotatable bonds is 6. The minimum absolute atomic E-state index is 0.0315. The molecule has 0 spiro atoms. The van der Waals surface area contributed by atoms with Gasteiger partial charge < -0.3 is 15.1 Å². The standard InChI is InChI=1S/C23H25N3O3/c27-21-7-4-13-26(21)20-10-8-19(9-11-20)24-23(29)18-15-22(28)25(16-18)14-12-17-5-2-1-3-6-17/h1-3,5-6,8-11,18H,4,7,12-16H2,(H,24,29). The average molecular weight is 391 g/mol. The van der Waals surface area contributed by atoms with Crippen LogP contribution < -0.4 is 10.2 Å². The van der Waals surface area contributed by atoms with Gasteiger partial charge in [-0.15, -0.1) is 0 Å². The third-order valence-corrected chi connectivity index (χ3v) is 5.62. The Balaban J connectivity index is 1.30. The van der Waals surface area contributed by atoms with E-state index in [0.29, 0.717) is 25.2 Å². The van der Waals surface area contributed by atoms with Crippen LogP contribution in [0, 0.1) is 5.92 Å². The maximum atomic E-state index is 12.6. The zero-order valence-electron chi connectivity index (χ0n) is 16.3. The lowest BCUT2D eigenvalue weighted by molar-refractivity contribution is -0.128. The smallest absolute Gasteiger partial charge is 0.229 e. The van der Waals surface area contributed by atoms with E-state index in [1.807, 2.05) is 54.6 Å². The number of nitrogens with zero attached hydrogens (tertiary/aromatic N) is 2. The van der Waals surface area contributed by atoms with Crippen LogP contribution in [-0.2, 0) is 20.8 Å². The van der Waals surface area contributed by atoms with Gasteiger partial charge in [0.2, 0.25) is 17.7 Å². The van der Waals surface area contributed by atoms with E-state index in [2.05, 4.69) is 5.32 Å². The lowest BCUT2D eigenvalue weighted by Crippen LogP contribution is -2.30. The Hall–Kier alpha value is -3.15. The predicted molar refractivity (Wildman–Crippen MR) is 111 cm³/mol. The van der Waals surface area contributed by atoms with Gasteiger partial charge in [-0.3, -0.25) is 14.4 Å². The molecule has 0 radical (unpaired) electrons. The van der Waals surface area contributed by atoms with Crippen molar-refractivity contribution in [1.82, 2.24) is 4.90 Å². The SMILES string of the molecule is O=C(Nc1ccc(N2CCCC2=O)cc1)C1CC(=O)N(CCc2ccccc2)C1. The largest absolute Gasteiger partial charge is 0.342 e. The molecule has 2 aromatic carbocycles. The number of carbonyl (C=O) groups is 3. The fraction of sp³-hybridized carbons (Fsp3) is 0.348. The van der Waals surface area contributed by atoms with Gasteiger partial charge in [-0.2, -0.15) is 0 Å². The van der Waals surface area contributed by atoms with Crippen LogP contribution in [0.2, 0.25) is 0 Å². The minimum Gasteiger partial charge on any atom is -0.342 e. The van der Waals surface area contributed by atoms with Gasteiger partial charge in [-0.25, -0.2) is 0 Å². The molecule has 29 heavy (non-hydrogen) atoms. The normalized spacial score (nSPS) is 19.1. The highest BCUT2D eigenvalue weighted by molar-refractivity contribution is 5.98. The van der Waals surface area contributed by atoms with Crippen LogP contribution in [0.4, 0.5) is 11.4 Å². The number of benzene rings is 2. The Labute approximate surface area is 170 Å². The summed E-state index contributed by atoms with van der Waals surface area (Å²) >= 11 is 0. The van der Waals surface area contributed by atoms with Gasteiger partial charge in [0.15, 0.2) is 0 Å². The second-order valence-electron chi connectivity index (χ2n) is 7.66. The van der Waals surface area contributed by atoms with Gasteiger partial charge in [-0.05, 0) is 42.7 Å². The van der Waals surface area contributed by atoms with Crippen LogP contribution in [0.3, 0.4) is 0 Å². The first-order valence-corrected chi connectivity index (χ1v) is 10.1. The summed E-state index contributed by atoms with van der Waals surface area (Å²) in [5, 5.41) is 2.91. The molecule has 1 atom stereocenters. The van der Waals surface area contributed by atoms with E-state index in [9.17, 15) is 14.4 Å². The van der Waals surface area contributed by atoms with E-state index in [1.54, 1.807) is 9.80 Å². The molecule has 2 aliphatic heterocycles. The number of hydrogen-bond acceptors (Lipinski definition) is 3. The Morgan fingerprint density at radius 2 is 1.76 bits per heavy atom. The highest BCUT2D eigenvalue weighted by Crippen LogP contribution is 2.24. The van der Waals surface area contributed by atoms with Crippen molar-refractivity contribution in [3.05, 3.63) is 60.2 Å². The molecule has 2 aromatic rings. The second kappa shape index (κ2) is 8.47. The van der Waals surface area contributed by atoms with Crippen LogP contribution in [-0.4, -0.2) is 42.3 Å². The number of anilines is 2. The Morgan fingerprint density at radius 1 is 1.00 bits per heavy atom. The van der Waals surface area contributed by atoms with Crippen molar-refractivity contribution in [2.75, 3.05) is 29.9 Å². The summed E-state index contributed by atoms with van der Waals surface area (Å²) < 4.78 is 0. The Kier molecular flexibility index (Phi) is 5.60. The highest BCUT2D eigenvalue weighted by atomic mass is 16.2. The fourth-order valence-electron chi connectivity index (χ4n) is 3.96. The van der Waals surface area contributed by atoms with Gasteiger partial charge in [0.1, 0.15) is 0 Å². The van der Waals surface area contributed by atoms with Crippen LogP contribution >= 0.6 is 0 Å². The van der Waals surface area contributed by atoms with E-state index in [0.717, 1.165) is 25.1 Å². The summed E-state index contributed by atoms with van der Waals surface area (Å²) in [7, 11) is 0. The summed E-state index contributed by atoms with van der Waals surface area (Å²) in [6.07, 6.45) is 2.52. The van der Waals surface area contributed by atoms with Crippen molar-refractivity contribution in [1.29, 1.82) is 0 Å². The molecule has 0 aliphatic carbocycles. The summed E-state index contributed by atoms with van der Waals surface area (Å²) in [6, 6.07) is 17.4. The lowest BCUT2D eigenvalue weighted by atomic mass is 10.1. The van der Waals surface area contributed by atoms with E-state index in [1.165, 1.54) is 5.56 Å². The van der Waals surface area contributed by atoms with E-state index in [4.69, 9.17) is 0 Å². The Morgan fingerprint density at radius 3 is 2.45 bits per heavy atom. The summed E-state index contributed by atoms with van der Waals surface area (Å²) in [6.45, 7) is 1.83. The third-order valence-electron chi connectivity index (χ3n) is 5.62. The van der Waals surface area contributed by atoms with Gasteiger partial charge >= 0.3 is 0 Å². The maximum absolute atomic E-state index is 12.6. The molecule has 3 amide bonds.